The molecule has 0 atom stereocenters. The molecule has 0 bridgehead atoms. The van der Waals surface area contributed by atoms with E-state index >= 15 is 0 Å². The lowest BCUT2D eigenvalue weighted by Crippen LogP contribution is -2.17. The van der Waals surface area contributed by atoms with E-state index in [-0.39, 0.29) is 0 Å². The Hall–Kier alpha value is -3.92. The van der Waals surface area contributed by atoms with Crippen molar-refractivity contribution in [2.75, 3.05) is 18.5 Å². The van der Waals surface area contributed by atoms with Gasteiger partial charge >= 0.3 is 0 Å². The fraction of sp³-hybridized carbons (Fsp3) is 0.400. The molecule has 0 fully saturated rings. The third-order valence-corrected chi connectivity index (χ3v) is 5.90. The van der Waals surface area contributed by atoms with Crippen LogP contribution in [0.15, 0.2) is 84.0 Å². The van der Waals surface area contributed by atoms with Crippen LogP contribution in [0, 0.1) is 13.8 Å². The zero-order valence-corrected chi connectivity index (χ0v) is 31.0. The summed E-state index contributed by atoms with van der Waals surface area (Å²) in [6, 6.07) is 12.6. The quantitative estimate of drug-likeness (QED) is 0.166. The second kappa shape index (κ2) is 30.5. The first-order valence-corrected chi connectivity index (χ1v) is 16.1. The number of nitrogens with zero attached hydrogens (tertiary/aromatic N) is 2. The molecule has 0 aliphatic heterocycles. The van der Waals surface area contributed by atoms with Crippen LogP contribution >= 0.6 is 0 Å². The summed E-state index contributed by atoms with van der Waals surface area (Å²) in [5.74, 6) is 0. The van der Waals surface area contributed by atoms with Crippen LogP contribution in [0.2, 0.25) is 0 Å². The van der Waals surface area contributed by atoms with Gasteiger partial charge in [-0.2, -0.15) is 0 Å². The zero-order valence-electron chi connectivity index (χ0n) is 31.0. The first kappa shape index (κ1) is 47.0. The smallest absolute Gasteiger partial charge is 0.116 e. The number of para-hydroxylation sites is 1. The zero-order chi connectivity index (χ0) is 35.3. The minimum Gasteiger partial charge on any atom is -0.375 e. The first-order chi connectivity index (χ1) is 21.2. The highest BCUT2D eigenvalue weighted by molar-refractivity contribution is 5.94. The summed E-state index contributed by atoms with van der Waals surface area (Å²) in [5, 5.41) is 1.15. The third-order valence-electron chi connectivity index (χ3n) is 5.90. The van der Waals surface area contributed by atoms with Crippen LogP contribution in [-0.4, -0.2) is 31.6 Å². The van der Waals surface area contributed by atoms with E-state index in [1.165, 1.54) is 29.3 Å². The van der Waals surface area contributed by atoms with Crippen molar-refractivity contribution in [3.63, 3.8) is 0 Å². The van der Waals surface area contributed by atoms with E-state index in [9.17, 15) is 0 Å². The summed E-state index contributed by atoms with van der Waals surface area (Å²) in [4.78, 5) is 18.5. The summed E-state index contributed by atoms with van der Waals surface area (Å²) in [7, 11) is 2.12. The fourth-order valence-corrected chi connectivity index (χ4v) is 3.81. The Balaban J connectivity index is -0.000000282. The van der Waals surface area contributed by atoms with Gasteiger partial charge in [0.25, 0.3) is 0 Å². The molecular formula is C40H65N3O. The lowest BCUT2D eigenvalue weighted by Gasteiger charge is -2.20. The number of aliphatic imine (C=N–C) groups is 1. The first-order valence-electron chi connectivity index (χ1n) is 16.1. The Morgan fingerprint density at radius 1 is 0.955 bits per heavy atom. The predicted molar refractivity (Wildman–Crippen MR) is 206 cm³/mol. The van der Waals surface area contributed by atoms with Gasteiger partial charge in [-0.05, 0) is 88.2 Å². The van der Waals surface area contributed by atoms with E-state index in [0.29, 0.717) is 0 Å². The van der Waals surface area contributed by atoms with Gasteiger partial charge < -0.3 is 14.7 Å². The van der Waals surface area contributed by atoms with Gasteiger partial charge in [-0.3, -0.25) is 4.99 Å². The molecule has 1 heterocycles. The van der Waals surface area contributed by atoms with Crippen molar-refractivity contribution in [2.24, 2.45) is 4.99 Å². The number of hydrogen-bond donors (Lipinski definition) is 1. The highest BCUT2D eigenvalue weighted by Crippen LogP contribution is 2.30. The van der Waals surface area contributed by atoms with E-state index in [4.69, 9.17) is 4.79 Å². The van der Waals surface area contributed by atoms with Crippen molar-refractivity contribution in [1.29, 1.82) is 0 Å². The van der Waals surface area contributed by atoms with Gasteiger partial charge in [-0.15, -0.1) is 0 Å². The molecule has 4 heteroatoms. The summed E-state index contributed by atoms with van der Waals surface area (Å²) in [6.07, 6.45) is 8.60. The minimum atomic E-state index is 0.750. The fourth-order valence-electron chi connectivity index (χ4n) is 3.81. The average Bonchev–Trinajstić information content (AvgIpc) is 3.49. The molecule has 246 valence electrons. The van der Waals surface area contributed by atoms with E-state index in [1.54, 1.807) is 0 Å². The Bertz CT molecular complexity index is 1260. The van der Waals surface area contributed by atoms with Crippen LogP contribution in [-0.2, 0) is 4.79 Å². The van der Waals surface area contributed by atoms with Crippen molar-refractivity contribution in [3.8, 4) is 0 Å². The number of carbonyl (C=O) groups is 1. The second-order valence-corrected chi connectivity index (χ2v) is 8.35. The summed E-state index contributed by atoms with van der Waals surface area (Å²) < 4.78 is 0. The van der Waals surface area contributed by atoms with Crippen molar-refractivity contribution in [1.82, 2.24) is 4.98 Å². The van der Waals surface area contributed by atoms with Gasteiger partial charge in [0.15, 0.2) is 0 Å². The number of aromatic amines is 1. The normalized spacial score (nSPS) is 9.52. The Labute approximate surface area is 272 Å². The number of fused-ring (bicyclic) bond motifs is 1. The summed E-state index contributed by atoms with van der Waals surface area (Å²) in [5.41, 5.74) is 10.2. The molecule has 3 rings (SSSR count). The lowest BCUT2D eigenvalue weighted by molar-refractivity contribution is -0.106. The topological polar surface area (TPSA) is 48.5 Å². The number of nitrogens with one attached hydrogen (secondary N) is 1. The largest absolute Gasteiger partial charge is 0.375 e. The molecule has 4 nitrogen and oxygen atoms in total. The van der Waals surface area contributed by atoms with Crippen molar-refractivity contribution in [2.45, 2.75) is 96.9 Å². The van der Waals surface area contributed by atoms with E-state index < -0.39 is 0 Å². The van der Waals surface area contributed by atoms with Crippen molar-refractivity contribution < 1.29 is 4.79 Å². The van der Waals surface area contributed by atoms with Gasteiger partial charge in [0.1, 0.15) is 6.29 Å². The number of aromatic nitrogens is 1. The number of anilines is 1. The van der Waals surface area contributed by atoms with Crippen LogP contribution in [0.25, 0.3) is 22.7 Å². The van der Waals surface area contributed by atoms with Crippen LogP contribution in [0.1, 0.15) is 105 Å². The molecule has 0 spiro atoms. The Morgan fingerprint density at radius 3 is 1.93 bits per heavy atom. The number of hydrogen-bond acceptors (Lipinski definition) is 3. The Morgan fingerprint density at radius 2 is 1.48 bits per heavy atom. The molecular weight excluding hydrogens is 538 g/mol. The van der Waals surface area contributed by atoms with E-state index in [2.05, 4.69) is 86.8 Å². The maximum atomic E-state index is 8.81. The molecule has 2 aromatic carbocycles. The second-order valence-electron chi connectivity index (χ2n) is 8.35. The number of rotatable bonds is 7. The number of H-pyrrole nitrogens is 1. The number of carbonyl (C=O) groups excluding carboxylic acids is 1. The number of aryl methyl sites for hydroxylation is 2. The van der Waals surface area contributed by atoms with Crippen LogP contribution < -0.4 is 4.90 Å². The van der Waals surface area contributed by atoms with Gasteiger partial charge in [0.05, 0.1) is 5.70 Å². The molecule has 44 heavy (non-hydrogen) atoms. The van der Waals surface area contributed by atoms with Gasteiger partial charge in [0, 0.05) is 41.9 Å². The van der Waals surface area contributed by atoms with E-state index in [1.807, 2.05) is 106 Å². The molecule has 0 saturated carbocycles. The number of allylic oxidation sites excluding steroid dienone is 4. The molecule has 1 aromatic heterocycles. The van der Waals surface area contributed by atoms with E-state index in [0.717, 1.165) is 46.1 Å². The predicted octanol–water partition coefficient (Wildman–Crippen LogP) is 12.4. The van der Waals surface area contributed by atoms with Gasteiger partial charge in [0.2, 0.25) is 0 Å². The molecule has 1 N–H and O–H groups in total. The molecule has 0 saturated heterocycles. The van der Waals surface area contributed by atoms with Gasteiger partial charge in [-0.25, -0.2) is 0 Å². The monoisotopic (exact) mass is 604 g/mol. The highest BCUT2D eigenvalue weighted by Gasteiger charge is 2.11. The number of benzene rings is 2. The Kier molecular flexibility index (Phi) is 32.6. The van der Waals surface area contributed by atoms with Crippen LogP contribution in [0.3, 0.4) is 0 Å². The SMILES string of the molecule is C=Cc1cc(N(C)CC)c(C)cc1C.C=N/C(=C(/C)C(=C)/C=C\C)c1c[nH]c2ccccc12.CC.CC.CC.CC.CC=O. The molecule has 0 aliphatic rings. The average molecular weight is 604 g/mol. The van der Waals surface area contributed by atoms with Crippen LogP contribution in [0.4, 0.5) is 5.69 Å². The molecule has 3 aromatic rings. The molecule has 0 radical (unpaired) electrons. The summed E-state index contributed by atoms with van der Waals surface area (Å²) >= 11 is 0. The third kappa shape index (κ3) is 16.1. The minimum absolute atomic E-state index is 0.750. The molecule has 0 aliphatic carbocycles. The molecule has 0 unspecified atom stereocenters. The maximum absolute atomic E-state index is 8.81. The maximum Gasteiger partial charge on any atom is 0.116 e. The highest BCUT2D eigenvalue weighted by atomic mass is 16.1. The molecule has 0 amide bonds. The van der Waals surface area contributed by atoms with Gasteiger partial charge in [-0.1, -0.05) is 111 Å². The van der Waals surface area contributed by atoms with Crippen LogP contribution in [0.5, 0.6) is 0 Å². The van der Waals surface area contributed by atoms with Crippen molar-refractivity contribution in [3.05, 3.63) is 101 Å². The standard InChI is InChI=1S/C17H18N2.C13H19N.C2H4O.4C2H6/c1-5-8-12(2)13(3)17(18-4)15-11-19-16-10-7-6-9-14(15)16;1-6-12-9-13(14(5)7-2)11(4)8-10(12)3;1-2-3;4*1-2/h5-11,19H,2,4H2,1,3H3;6,8-9H,1,7H2,2-5H3;2H,1H3;4*1-2H3/b8-5-,17-13-;;;;;;. The summed E-state index contributed by atoms with van der Waals surface area (Å²) in [6.45, 7) is 40.5. The van der Waals surface area contributed by atoms with Crippen molar-refractivity contribution >= 4 is 41.4 Å². The number of aldehydes is 1. The lowest BCUT2D eigenvalue weighted by atomic mass is 10.0.